The molecule has 2 aromatic rings. The Labute approximate surface area is 183 Å². The quantitative estimate of drug-likeness (QED) is 0.747. The highest BCUT2D eigenvalue weighted by Gasteiger charge is 2.34. The van der Waals surface area contributed by atoms with E-state index >= 15 is 0 Å². The van der Waals surface area contributed by atoms with Crippen molar-refractivity contribution in [1.82, 2.24) is 24.9 Å². The van der Waals surface area contributed by atoms with E-state index in [-0.39, 0.29) is 11.8 Å². The normalized spacial score (nSPS) is 23.1. The lowest BCUT2D eigenvalue weighted by Crippen LogP contribution is -2.45. The van der Waals surface area contributed by atoms with Crippen LogP contribution in [0.5, 0.6) is 0 Å². The van der Waals surface area contributed by atoms with Crippen molar-refractivity contribution in [2.24, 2.45) is 5.92 Å². The first-order chi connectivity index (χ1) is 15.1. The molecule has 3 aliphatic rings. The highest BCUT2D eigenvalue weighted by molar-refractivity contribution is 5.79. The van der Waals surface area contributed by atoms with E-state index in [2.05, 4.69) is 26.9 Å². The molecular weight excluding hydrogens is 392 g/mol. The SMILES string of the molecule is Cc1cc(-c2cnc(N3CCN(C)CC3)nc2C2CCCN(C(=O)C3CCC3)C2)on1. The predicted octanol–water partition coefficient (Wildman–Crippen LogP) is 2.70. The summed E-state index contributed by atoms with van der Waals surface area (Å²) >= 11 is 0. The topological polar surface area (TPSA) is 78.6 Å². The number of likely N-dealkylation sites (N-methyl/N-ethyl adjacent to an activating group) is 1. The molecule has 4 heterocycles. The smallest absolute Gasteiger partial charge is 0.225 e. The van der Waals surface area contributed by atoms with Crippen LogP contribution >= 0.6 is 0 Å². The third-order valence-electron chi connectivity index (χ3n) is 7.06. The van der Waals surface area contributed by atoms with Gasteiger partial charge in [0, 0.05) is 63.4 Å². The van der Waals surface area contributed by atoms with E-state index in [1.54, 1.807) is 0 Å². The fraction of sp³-hybridized carbons (Fsp3) is 0.652. The molecule has 0 N–H and O–H groups in total. The van der Waals surface area contributed by atoms with Crippen molar-refractivity contribution >= 4 is 11.9 Å². The predicted molar refractivity (Wildman–Crippen MR) is 118 cm³/mol. The first-order valence-corrected chi connectivity index (χ1v) is 11.6. The number of piperazine rings is 1. The average Bonchev–Trinajstić information content (AvgIpc) is 3.19. The maximum Gasteiger partial charge on any atom is 0.225 e. The van der Waals surface area contributed by atoms with E-state index in [4.69, 9.17) is 14.5 Å². The minimum absolute atomic E-state index is 0.187. The summed E-state index contributed by atoms with van der Waals surface area (Å²) in [6.45, 7) is 7.38. The van der Waals surface area contributed by atoms with E-state index in [1.807, 2.05) is 19.2 Å². The first-order valence-electron chi connectivity index (χ1n) is 11.6. The third kappa shape index (κ3) is 4.18. The van der Waals surface area contributed by atoms with Crippen LogP contribution in [0.1, 0.15) is 49.4 Å². The van der Waals surface area contributed by atoms with Gasteiger partial charge in [-0.2, -0.15) is 0 Å². The van der Waals surface area contributed by atoms with Gasteiger partial charge in [-0.15, -0.1) is 0 Å². The monoisotopic (exact) mass is 424 g/mol. The number of aromatic nitrogens is 3. The minimum atomic E-state index is 0.187. The molecule has 0 bridgehead atoms. The standard InChI is InChI=1S/C23H32N6O2/c1-16-13-20(31-26-16)19-14-24-23(28-11-9-27(2)10-12-28)25-21(19)18-7-4-8-29(15-18)22(30)17-5-3-6-17/h13-14,17-18H,3-12,15H2,1-2H3. The first kappa shape index (κ1) is 20.4. The van der Waals surface area contributed by atoms with Gasteiger partial charge in [-0.05, 0) is 39.7 Å². The van der Waals surface area contributed by atoms with E-state index in [1.165, 1.54) is 6.42 Å². The molecule has 31 heavy (non-hydrogen) atoms. The second-order valence-corrected chi connectivity index (χ2v) is 9.34. The highest BCUT2D eigenvalue weighted by Crippen LogP contribution is 2.36. The van der Waals surface area contributed by atoms with E-state index in [9.17, 15) is 4.79 Å². The molecule has 0 aromatic carbocycles. The zero-order valence-corrected chi connectivity index (χ0v) is 18.6. The molecule has 1 unspecified atom stereocenters. The van der Waals surface area contributed by atoms with Crippen LogP contribution in [0.25, 0.3) is 11.3 Å². The summed E-state index contributed by atoms with van der Waals surface area (Å²) in [7, 11) is 2.15. The van der Waals surface area contributed by atoms with Crippen LogP contribution in [-0.4, -0.2) is 77.1 Å². The maximum atomic E-state index is 12.9. The van der Waals surface area contributed by atoms with Gasteiger partial charge < -0.3 is 19.2 Å². The molecule has 1 saturated carbocycles. The van der Waals surface area contributed by atoms with E-state index in [0.29, 0.717) is 11.7 Å². The van der Waals surface area contributed by atoms with Crippen LogP contribution in [0.3, 0.4) is 0 Å². The van der Waals surface area contributed by atoms with Crippen LogP contribution < -0.4 is 4.90 Å². The van der Waals surface area contributed by atoms with Gasteiger partial charge in [-0.3, -0.25) is 4.79 Å². The fourth-order valence-corrected chi connectivity index (χ4v) is 4.85. The Hall–Kier alpha value is -2.48. The van der Waals surface area contributed by atoms with Crippen LogP contribution in [0, 0.1) is 12.8 Å². The zero-order valence-electron chi connectivity index (χ0n) is 18.6. The number of anilines is 1. The van der Waals surface area contributed by atoms with Gasteiger partial charge in [0.1, 0.15) is 0 Å². The lowest BCUT2D eigenvalue weighted by molar-refractivity contribution is -0.139. The van der Waals surface area contributed by atoms with E-state index in [0.717, 1.165) is 87.9 Å². The number of aryl methyl sites for hydroxylation is 1. The molecule has 2 aliphatic heterocycles. The number of rotatable bonds is 4. The summed E-state index contributed by atoms with van der Waals surface area (Å²) in [5.74, 6) is 2.25. The molecule has 1 atom stereocenters. The number of hydrogen-bond donors (Lipinski definition) is 0. The molecule has 8 heteroatoms. The van der Waals surface area contributed by atoms with Crippen LogP contribution in [0.2, 0.25) is 0 Å². The van der Waals surface area contributed by atoms with E-state index < -0.39 is 0 Å². The summed E-state index contributed by atoms with van der Waals surface area (Å²) in [6, 6.07) is 1.94. The molecule has 1 aliphatic carbocycles. The summed E-state index contributed by atoms with van der Waals surface area (Å²) < 4.78 is 5.59. The molecule has 0 spiro atoms. The van der Waals surface area contributed by atoms with Crippen molar-refractivity contribution in [3.8, 4) is 11.3 Å². The number of carbonyl (C=O) groups excluding carboxylic acids is 1. The second-order valence-electron chi connectivity index (χ2n) is 9.34. The number of nitrogens with zero attached hydrogens (tertiary/aromatic N) is 6. The molecule has 3 fully saturated rings. The van der Waals surface area contributed by atoms with Gasteiger partial charge in [-0.25, -0.2) is 9.97 Å². The molecule has 1 amide bonds. The Morgan fingerprint density at radius 2 is 1.90 bits per heavy atom. The van der Waals surface area contributed by atoms with Gasteiger partial charge >= 0.3 is 0 Å². The van der Waals surface area contributed by atoms with Crippen LogP contribution in [-0.2, 0) is 4.79 Å². The number of piperidine rings is 1. The third-order valence-corrected chi connectivity index (χ3v) is 7.06. The van der Waals surface area contributed by atoms with Crippen LogP contribution in [0.4, 0.5) is 5.95 Å². The Bertz CT molecular complexity index is 932. The van der Waals surface area contributed by atoms with Crippen molar-refractivity contribution in [3.05, 3.63) is 23.7 Å². The van der Waals surface area contributed by atoms with Gasteiger partial charge in [0.25, 0.3) is 0 Å². The fourth-order valence-electron chi connectivity index (χ4n) is 4.85. The number of carbonyl (C=O) groups is 1. The molecule has 5 rings (SSSR count). The Balaban J connectivity index is 1.45. The lowest BCUT2D eigenvalue weighted by Gasteiger charge is -2.37. The Kier molecular flexibility index (Phi) is 5.65. The highest BCUT2D eigenvalue weighted by atomic mass is 16.5. The Morgan fingerprint density at radius 1 is 1.10 bits per heavy atom. The van der Waals surface area contributed by atoms with Crippen molar-refractivity contribution in [2.75, 3.05) is 51.2 Å². The van der Waals surface area contributed by atoms with Crippen molar-refractivity contribution < 1.29 is 9.32 Å². The molecule has 8 nitrogen and oxygen atoms in total. The van der Waals surface area contributed by atoms with Crippen molar-refractivity contribution in [3.63, 3.8) is 0 Å². The largest absolute Gasteiger partial charge is 0.356 e. The average molecular weight is 425 g/mol. The molecule has 166 valence electrons. The molecule has 0 radical (unpaired) electrons. The summed E-state index contributed by atoms with van der Waals surface area (Å²) in [4.78, 5) is 29.4. The second kappa shape index (κ2) is 8.57. The molecule has 2 saturated heterocycles. The van der Waals surface area contributed by atoms with Crippen LogP contribution in [0.15, 0.2) is 16.8 Å². The van der Waals surface area contributed by atoms with Gasteiger partial charge in [-0.1, -0.05) is 11.6 Å². The Morgan fingerprint density at radius 3 is 2.58 bits per heavy atom. The van der Waals surface area contributed by atoms with Crippen molar-refractivity contribution in [1.29, 1.82) is 0 Å². The number of amides is 1. The molecular formula is C23H32N6O2. The number of hydrogen-bond acceptors (Lipinski definition) is 7. The summed E-state index contributed by atoms with van der Waals surface area (Å²) in [5.41, 5.74) is 2.74. The van der Waals surface area contributed by atoms with Gasteiger partial charge in [0.2, 0.25) is 11.9 Å². The summed E-state index contributed by atoms with van der Waals surface area (Å²) in [5, 5.41) is 4.07. The maximum absolute atomic E-state index is 12.9. The number of likely N-dealkylation sites (tertiary alicyclic amines) is 1. The molecule has 2 aromatic heterocycles. The van der Waals surface area contributed by atoms with Gasteiger partial charge in [0.05, 0.1) is 17.0 Å². The lowest BCUT2D eigenvalue weighted by atomic mass is 9.83. The summed E-state index contributed by atoms with van der Waals surface area (Å²) in [6.07, 6.45) is 7.19. The zero-order chi connectivity index (χ0) is 21.4. The van der Waals surface area contributed by atoms with Gasteiger partial charge in [0.15, 0.2) is 5.76 Å². The van der Waals surface area contributed by atoms with Crippen molar-refractivity contribution in [2.45, 2.75) is 44.9 Å². The minimum Gasteiger partial charge on any atom is -0.356 e.